The summed E-state index contributed by atoms with van der Waals surface area (Å²) < 4.78 is 8.54. The maximum Gasteiger partial charge on any atom is 0.228 e. The van der Waals surface area contributed by atoms with E-state index in [-0.39, 0.29) is 0 Å². The highest BCUT2D eigenvalue weighted by molar-refractivity contribution is 7.08. The Bertz CT molecular complexity index is 1350. The number of pyridine rings is 1. The molecule has 0 N–H and O–H groups in total. The minimum Gasteiger partial charge on any atom is -0.456 e. The molecule has 0 amide bonds. The highest BCUT2D eigenvalue weighted by Crippen LogP contribution is 2.46. The number of para-hydroxylation sites is 1. The fourth-order valence-electron chi connectivity index (χ4n) is 4.20. The Morgan fingerprint density at radius 3 is 2.59 bits per heavy atom. The maximum atomic E-state index is 6.22. The second-order valence-corrected chi connectivity index (χ2v) is 7.71. The average molecular weight is 366 g/mol. The Balaban J connectivity index is 1.80. The van der Waals surface area contributed by atoms with Crippen molar-refractivity contribution in [3.8, 4) is 33.9 Å². The molecule has 0 radical (unpaired) electrons. The van der Waals surface area contributed by atoms with Crippen LogP contribution in [0, 0.1) is 0 Å². The van der Waals surface area contributed by atoms with Gasteiger partial charge in [0.2, 0.25) is 11.2 Å². The summed E-state index contributed by atoms with van der Waals surface area (Å²) >= 11 is 1.73. The lowest BCUT2D eigenvalue weighted by Gasteiger charge is -2.20. The van der Waals surface area contributed by atoms with Crippen LogP contribution in [-0.4, -0.2) is 0 Å². The zero-order valence-corrected chi connectivity index (χ0v) is 15.6. The Hall–Kier alpha value is -3.17. The van der Waals surface area contributed by atoms with E-state index in [1.807, 2.05) is 12.1 Å². The van der Waals surface area contributed by atoms with E-state index in [0.29, 0.717) is 0 Å². The lowest BCUT2D eigenvalue weighted by molar-refractivity contribution is -0.632. The molecule has 2 nitrogen and oxygen atoms in total. The smallest absolute Gasteiger partial charge is 0.228 e. The first-order valence-electron chi connectivity index (χ1n) is 8.99. The van der Waals surface area contributed by atoms with E-state index in [2.05, 4.69) is 77.0 Å². The molecule has 27 heavy (non-hydrogen) atoms. The van der Waals surface area contributed by atoms with E-state index in [9.17, 15) is 0 Å². The zero-order chi connectivity index (χ0) is 18.0. The van der Waals surface area contributed by atoms with Crippen LogP contribution in [0.25, 0.3) is 44.1 Å². The van der Waals surface area contributed by atoms with Gasteiger partial charge < -0.3 is 4.74 Å². The van der Waals surface area contributed by atoms with E-state index in [0.717, 1.165) is 17.1 Å². The number of nitrogens with zero attached hydrogens (tertiary/aromatic N) is 1. The summed E-state index contributed by atoms with van der Waals surface area (Å²) in [6.07, 6.45) is 0. The fraction of sp³-hybridized carbons (Fsp3) is 0.0417. The number of benzene rings is 3. The van der Waals surface area contributed by atoms with Gasteiger partial charge in [0.15, 0.2) is 0 Å². The van der Waals surface area contributed by atoms with Crippen LogP contribution in [0.3, 0.4) is 0 Å². The predicted molar refractivity (Wildman–Crippen MR) is 111 cm³/mol. The summed E-state index contributed by atoms with van der Waals surface area (Å²) in [4.78, 5) is 0. The van der Waals surface area contributed by atoms with Crippen LogP contribution in [0.2, 0.25) is 0 Å². The van der Waals surface area contributed by atoms with Crippen LogP contribution in [0.15, 0.2) is 77.5 Å². The van der Waals surface area contributed by atoms with Gasteiger partial charge in [0.05, 0.1) is 16.3 Å². The van der Waals surface area contributed by atoms with Crippen molar-refractivity contribution < 1.29 is 9.30 Å². The summed E-state index contributed by atoms with van der Waals surface area (Å²) in [6, 6.07) is 23.6. The second-order valence-electron chi connectivity index (χ2n) is 6.93. The van der Waals surface area contributed by atoms with Crippen molar-refractivity contribution in [2.24, 2.45) is 7.05 Å². The van der Waals surface area contributed by atoms with Crippen LogP contribution in [0.1, 0.15) is 0 Å². The van der Waals surface area contributed by atoms with Gasteiger partial charge in [-0.05, 0) is 52.2 Å². The Morgan fingerprint density at radius 1 is 0.815 bits per heavy atom. The summed E-state index contributed by atoms with van der Waals surface area (Å²) in [7, 11) is 2.16. The van der Waals surface area contributed by atoms with Gasteiger partial charge in [-0.3, -0.25) is 0 Å². The molecule has 3 aromatic carbocycles. The molecule has 0 saturated heterocycles. The first kappa shape index (κ1) is 14.9. The van der Waals surface area contributed by atoms with Crippen molar-refractivity contribution in [2.45, 2.75) is 0 Å². The van der Waals surface area contributed by atoms with Gasteiger partial charge in [-0.1, -0.05) is 30.3 Å². The largest absolute Gasteiger partial charge is 0.456 e. The fourth-order valence-corrected chi connectivity index (χ4v) is 4.87. The first-order valence-corrected chi connectivity index (χ1v) is 9.94. The van der Waals surface area contributed by atoms with Crippen LogP contribution in [0.4, 0.5) is 0 Å². The SMILES string of the molecule is C[n+]1c2c3c(cccc3c3ccc(-c4ccsc4)cc31)Oc1ccccc1-2. The number of thiophene rings is 1. The third-order valence-corrected chi connectivity index (χ3v) is 6.15. The summed E-state index contributed by atoms with van der Waals surface area (Å²) in [5.41, 5.74) is 6.12. The number of rotatable bonds is 1. The molecule has 2 aromatic heterocycles. The third-order valence-electron chi connectivity index (χ3n) is 5.46. The van der Waals surface area contributed by atoms with Gasteiger partial charge >= 0.3 is 0 Å². The van der Waals surface area contributed by atoms with Gasteiger partial charge in [-0.25, -0.2) is 0 Å². The number of aryl methyl sites for hydroxylation is 1. The lowest BCUT2D eigenvalue weighted by atomic mass is 9.95. The molecular formula is C24H16NOS+. The van der Waals surface area contributed by atoms with Gasteiger partial charge in [0.25, 0.3) is 0 Å². The molecule has 0 spiro atoms. The number of fused-ring (bicyclic) bond motifs is 4. The van der Waals surface area contributed by atoms with Gasteiger partial charge in [0, 0.05) is 11.5 Å². The van der Waals surface area contributed by atoms with E-state index in [4.69, 9.17) is 4.74 Å². The summed E-state index contributed by atoms with van der Waals surface area (Å²) in [6.45, 7) is 0. The highest BCUT2D eigenvalue weighted by atomic mass is 32.1. The van der Waals surface area contributed by atoms with Crippen molar-refractivity contribution >= 4 is 33.0 Å². The Kier molecular flexibility index (Phi) is 3.00. The monoisotopic (exact) mass is 366 g/mol. The third kappa shape index (κ3) is 2.03. The maximum absolute atomic E-state index is 6.22. The average Bonchev–Trinajstić information content (AvgIpc) is 3.25. The van der Waals surface area contributed by atoms with Crippen molar-refractivity contribution in [3.05, 3.63) is 77.5 Å². The quantitative estimate of drug-likeness (QED) is 0.245. The molecule has 1 aliphatic heterocycles. The minimum atomic E-state index is 0.918. The molecule has 128 valence electrons. The first-order chi connectivity index (χ1) is 13.3. The van der Waals surface area contributed by atoms with E-state index in [1.165, 1.54) is 38.5 Å². The molecule has 0 aliphatic carbocycles. The molecule has 1 aliphatic rings. The van der Waals surface area contributed by atoms with Gasteiger partial charge in [-0.2, -0.15) is 15.9 Å². The van der Waals surface area contributed by atoms with Gasteiger partial charge in [0.1, 0.15) is 18.5 Å². The lowest BCUT2D eigenvalue weighted by Crippen LogP contribution is -2.33. The Morgan fingerprint density at radius 2 is 1.70 bits per heavy atom. The zero-order valence-electron chi connectivity index (χ0n) is 14.8. The number of hydrogen-bond donors (Lipinski definition) is 0. The number of aromatic nitrogens is 1. The van der Waals surface area contributed by atoms with Crippen LogP contribution < -0.4 is 9.30 Å². The van der Waals surface area contributed by atoms with Crippen LogP contribution >= 0.6 is 11.3 Å². The number of ether oxygens (including phenoxy) is 1. The molecule has 0 unspecified atom stereocenters. The van der Waals surface area contributed by atoms with E-state index in [1.54, 1.807) is 11.3 Å². The predicted octanol–water partition coefficient (Wildman–Crippen LogP) is 6.32. The summed E-state index contributed by atoms with van der Waals surface area (Å²) in [5, 5.41) is 8.01. The van der Waals surface area contributed by atoms with Crippen molar-refractivity contribution in [2.75, 3.05) is 0 Å². The molecule has 0 saturated carbocycles. The van der Waals surface area contributed by atoms with Crippen molar-refractivity contribution in [1.82, 2.24) is 0 Å². The second kappa shape index (κ2) is 5.41. The molecular weight excluding hydrogens is 350 g/mol. The van der Waals surface area contributed by atoms with E-state index < -0.39 is 0 Å². The topological polar surface area (TPSA) is 13.1 Å². The van der Waals surface area contributed by atoms with E-state index >= 15 is 0 Å². The molecule has 5 aromatic rings. The normalized spacial score (nSPS) is 12.2. The molecule has 0 bridgehead atoms. The van der Waals surface area contributed by atoms with Crippen molar-refractivity contribution in [1.29, 1.82) is 0 Å². The minimum absolute atomic E-state index is 0.918. The molecule has 6 rings (SSSR count). The molecule has 3 heterocycles. The standard InChI is InChI=1S/C24H16NOS/c1-25-20-13-15(16-11-12-27-14-16)9-10-17(20)18-6-4-8-22-23(18)24(25)19-5-2-3-7-21(19)26-22/h2-14H,1H3/q+1. The van der Waals surface area contributed by atoms with Crippen LogP contribution in [0.5, 0.6) is 11.5 Å². The molecule has 0 fully saturated rings. The molecule has 3 heteroatoms. The highest BCUT2D eigenvalue weighted by Gasteiger charge is 2.29. The van der Waals surface area contributed by atoms with Gasteiger partial charge in [-0.15, -0.1) is 0 Å². The number of hydrogen-bond acceptors (Lipinski definition) is 2. The van der Waals surface area contributed by atoms with Crippen molar-refractivity contribution in [3.63, 3.8) is 0 Å². The summed E-state index contributed by atoms with van der Waals surface area (Å²) in [5.74, 6) is 1.85. The molecule has 0 atom stereocenters. The van der Waals surface area contributed by atoms with Crippen LogP contribution in [-0.2, 0) is 7.05 Å². The Labute approximate surface area is 160 Å².